The predicted molar refractivity (Wildman–Crippen MR) is 105 cm³/mol. The third-order valence-electron chi connectivity index (χ3n) is 3.88. The Balaban J connectivity index is 1.44. The molecule has 0 radical (unpaired) electrons. The maximum atomic E-state index is 12.1. The lowest BCUT2D eigenvalue weighted by Crippen LogP contribution is -2.34. The molecule has 3 rings (SSSR count). The fraction of sp³-hybridized carbons (Fsp3) is 0.294. The van der Waals surface area contributed by atoms with Crippen LogP contribution in [-0.2, 0) is 14.8 Å². The van der Waals surface area contributed by atoms with Crippen LogP contribution in [0.25, 0.3) is 0 Å². The zero-order valence-corrected chi connectivity index (χ0v) is 16.6. The zero-order valence-electron chi connectivity index (χ0n) is 14.2. The van der Waals surface area contributed by atoms with Crippen molar-refractivity contribution < 1.29 is 18.0 Å². The van der Waals surface area contributed by atoms with Crippen molar-refractivity contribution in [3.63, 3.8) is 0 Å². The molecular formula is C17H18ClN3O4S2. The number of benzene rings is 1. The van der Waals surface area contributed by atoms with Gasteiger partial charge in [0.15, 0.2) is 0 Å². The maximum Gasteiger partial charge on any atom is 0.251 e. The Morgan fingerprint density at radius 3 is 2.37 bits per heavy atom. The molecule has 3 N–H and O–H groups in total. The average molecular weight is 428 g/mol. The highest BCUT2D eigenvalue weighted by Gasteiger charge is 2.29. The molecule has 0 unspecified atom stereocenters. The summed E-state index contributed by atoms with van der Waals surface area (Å²) in [4.78, 5) is 23.8. The van der Waals surface area contributed by atoms with E-state index in [9.17, 15) is 18.0 Å². The zero-order chi connectivity index (χ0) is 19.4. The number of rotatable bonds is 8. The van der Waals surface area contributed by atoms with Gasteiger partial charge >= 0.3 is 0 Å². The van der Waals surface area contributed by atoms with Crippen molar-refractivity contribution in [1.29, 1.82) is 0 Å². The minimum absolute atomic E-state index is 0.00603. The molecule has 1 heterocycles. The molecule has 0 atom stereocenters. The van der Waals surface area contributed by atoms with Crippen molar-refractivity contribution in [2.45, 2.75) is 17.1 Å². The number of nitrogens with one attached hydrogen (secondary N) is 3. The van der Waals surface area contributed by atoms with E-state index >= 15 is 0 Å². The van der Waals surface area contributed by atoms with E-state index in [0.717, 1.165) is 24.2 Å². The summed E-state index contributed by atoms with van der Waals surface area (Å²) in [5, 5.41) is 5.44. The second kappa shape index (κ2) is 8.39. The number of hydrogen-bond acceptors (Lipinski definition) is 5. The Kier molecular flexibility index (Phi) is 6.15. The van der Waals surface area contributed by atoms with Crippen LogP contribution in [0.15, 0.2) is 40.6 Å². The highest BCUT2D eigenvalue weighted by molar-refractivity contribution is 7.91. The van der Waals surface area contributed by atoms with Crippen molar-refractivity contribution in [2.24, 2.45) is 5.92 Å². The van der Waals surface area contributed by atoms with Crippen LogP contribution < -0.4 is 15.4 Å². The molecule has 144 valence electrons. The number of amides is 2. The van der Waals surface area contributed by atoms with Crippen LogP contribution in [0, 0.1) is 5.92 Å². The van der Waals surface area contributed by atoms with Gasteiger partial charge in [0.25, 0.3) is 5.91 Å². The summed E-state index contributed by atoms with van der Waals surface area (Å²) in [5.74, 6) is -0.207. The molecule has 2 aromatic rings. The van der Waals surface area contributed by atoms with Gasteiger partial charge in [-0.25, -0.2) is 13.1 Å². The fourth-order valence-electron chi connectivity index (χ4n) is 2.27. The summed E-state index contributed by atoms with van der Waals surface area (Å²) in [7, 11) is -3.63. The second-order valence-corrected chi connectivity index (χ2v) is 9.76. The van der Waals surface area contributed by atoms with Crippen LogP contribution in [0.5, 0.6) is 0 Å². The Hall–Kier alpha value is -1.94. The van der Waals surface area contributed by atoms with Gasteiger partial charge in [-0.3, -0.25) is 9.59 Å². The van der Waals surface area contributed by atoms with Gasteiger partial charge in [-0.1, -0.05) is 11.6 Å². The van der Waals surface area contributed by atoms with Crippen LogP contribution >= 0.6 is 22.9 Å². The molecule has 1 aliphatic rings. The number of carbonyl (C=O) groups is 2. The van der Waals surface area contributed by atoms with E-state index in [2.05, 4.69) is 15.4 Å². The highest BCUT2D eigenvalue weighted by Crippen LogP contribution is 2.30. The molecule has 1 aromatic heterocycles. The summed E-state index contributed by atoms with van der Waals surface area (Å²) < 4.78 is 27.0. The van der Waals surface area contributed by atoms with Gasteiger partial charge in [0.05, 0.1) is 4.34 Å². The number of carbonyl (C=O) groups excluding carboxylic acids is 2. The summed E-state index contributed by atoms with van der Waals surface area (Å²) >= 11 is 6.71. The quantitative estimate of drug-likeness (QED) is 0.563. The van der Waals surface area contributed by atoms with E-state index in [1.54, 1.807) is 24.3 Å². The third kappa shape index (κ3) is 5.52. The molecule has 1 aliphatic carbocycles. The Bertz CT molecular complexity index is 937. The highest BCUT2D eigenvalue weighted by atomic mass is 35.5. The van der Waals surface area contributed by atoms with Gasteiger partial charge in [-0.15, -0.1) is 11.3 Å². The normalized spacial score (nSPS) is 14.0. The van der Waals surface area contributed by atoms with E-state index in [-0.39, 0.29) is 35.0 Å². The number of sulfonamides is 1. The van der Waals surface area contributed by atoms with Gasteiger partial charge < -0.3 is 10.6 Å². The molecule has 0 bridgehead atoms. The summed E-state index contributed by atoms with van der Waals surface area (Å²) in [5.41, 5.74) is 1.07. The number of thiophene rings is 1. The average Bonchev–Trinajstić information content (AvgIpc) is 3.40. The van der Waals surface area contributed by atoms with E-state index in [0.29, 0.717) is 15.6 Å². The van der Waals surface area contributed by atoms with Crippen LogP contribution in [0.1, 0.15) is 23.2 Å². The van der Waals surface area contributed by atoms with Crippen molar-refractivity contribution in [3.05, 3.63) is 46.3 Å². The second-order valence-electron chi connectivity index (χ2n) is 6.05. The fourth-order valence-corrected chi connectivity index (χ4v) is 4.83. The van der Waals surface area contributed by atoms with E-state index in [1.807, 2.05) is 0 Å². The minimum Gasteiger partial charge on any atom is -0.351 e. The molecule has 10 heteroatoms. The predicted octanol–water partition coefficient (Wildman–Crippen LogP) is 2.46. The lowest BCUT2D eigenvalue weighted by atomic mass is 10.2. The molecule has 1 aromatic carbocycles. The smallest absolute Gasteiger partial charge is 0.251 e. The van der Waals surface area contributed by atoms with Crippen LogP contribution in [0.4, 0.5) is 5.69 Å². The van der Waals surface area contributed by atoms with Crippen molar-refractivity contribution >= 4 is 50.5 Å². The van der Waals surface area contributed by atoms with Gasteiger partial charge in [0.2, 0.25) is 15.9 Å². The first kappa shape index (κ1) is 19.8. The van der Waals surface area contributed by atoms with Crippen molar-refractivity contribution in [1.82, 2.24) is 10.0 Å². The van der Waals surface area contributed by atoms with Crippen LogP contribution in [0.3, 0.4) is 0 Å². The van der Waals surface area contributed by atoms with E-state index in [1.165, 1.54) is 12.1 Å². The lowest BCUT2D eigenvalue weighted by molar-refractivity contribution is -0.117. The SMILES string of the molecule is O=C(NCCNS(=O)(=O)c1ccc(Cl)s1)c1ccc(NC(=O)C2CC2)cc1. The van der Waals surface area contributed by atoms with E-state index < -0.39 is 10.0 Å². The molecule has 0 aliphatic heterocycles. The first-order chi connectivity index (χ1) is 12.8. The Morgan fingerprint density at radius 2 is 1.78 bits per heavy atom. The van der Waals surface area contributed by atoms with Gasteiger partial charge in [-0.2, -0.15) is 0 Å². The molecule has 1 fully saturated rings. The topological polar surface area (TPSA) is 104 Å². The first-order valence-corrected chi connectivity index (χ1v) is 11.0. The number of anilines is 1. The van der Waals surface area contributed by atoms with Crippen LogP contribution in [-0.4, -0.2) is 33.3 Å². The van der Waals surface area contributed by atoms with E-state index in [4.69, 9.17) is 11.6 Å². The molecule has 27 heavy (non-hydrogen) atoms. The minimum atomic E-state index is -3.63. The Morgan fingerprint density at radius 1 is 1.07 bits per heavy atom. The lowest BCUT2D eigenvalue weighted by Gasteiger charge is -2.08. The Labute approximate surface area is 166 Å². The van der Waals surface area contributed by atoms with Gasteiger partial charge in [0, 0.05) is 30.3 Å². The maximum absolute atomic E-state index is 12.1. The standard InChI is InChI=1S/C17H18ClN3O4S2/c18-14-7-8-15(26-14)27(24,25)20-10-9-19-16(22)11-3-5-13(6-4-11)21-17(23)12-1-2-12/h3-8,12,20H,1-2,9-10H2,(H,19,22)(H,21,23). The number of hydrogen-bond donors (Lipinski definition) is 3. The third-order valence-corrected chi connectivity index (χ3v) is 7.06. The molecule has 7 nitrogen and oxygen atoms in total. The van der Waals surface area contributed by atoms with Gasteiger partial charge in [-0.05, 0) is 49.2 Å². The summed E-state index contributed by atoms with van der Waals surface area (Å²) in [6, 6.07) is 9.49. The molecular weight excluding hydrogens is 410 g/mol. The monoisotopic (exact) mass is 427 g/mol. The summed E-state index contributed by atoms with van der Waals surface area (Å²) in [6.45, 7) is 0.191. The van der Waals surface area contributed by atoms with Gasteiger partial charge in [0.1, 0.15) is 4.21 Å². The molecule has 0 spiro atoms. The first-order valence-electron chi connectivity index (χ1n) is 8.29. The molecule has 2 amide bonds. The number of halogens is 1. The molecule has 1 saturated carbocycles. The largest absolute Gasteiger partial charge is 0.351 e. The van der Waals surface area contributed by atoms with Crippen molar-refractivity contribution in [2.75, 3.05) is 18.4 Å². The van der Waals surface area contributed by atoms with Crippen molar-refractivity contribution in [3.8, 4) is 0 Å². The summed E-state index contributed by atoms with van der Waals surface area (Å²) in [6.07, 6.45) is 1.85. The van der Waals surface area contributed by atoms with Crippen LogP contribution in [0.2, 0.25) is 4.34 Å². The molecule has 0 saturated heterocycles.